The number of likely N-dealkylation sites (N-methyl/N-ethyl adjacent to an activating group) is 1. The van der Waals surface area contributed by atoms with E-state index in [1.54, 1.807) is 13.0 Å². The fourth-order valence-electron chi connectivity index (χ4n) is 2.39. The normalized spacial score (nSPS) is 20.7. The van der Waals surface area contributed by atoms with Crippen molar-refractivity contribution in [3.8, 4) is 0 Å². The number of rotatable bonds is 4. The van der Waals surface area contributed by atoms with Crippen LogP contribution in [0.3, 0.4) is 0 Å². The average molecular weight is 305 g/mol. The number of hydrogen-bond acceptors (Lipinski definition) is 7. The van der Waals surface area contributed by atoms with E-state index < -0.39 is 0 Å². The van der Waals surface area contributed by atoms with Crippen molar-refractivity contribution in [3.05, 3.63) is 35.9 Å². The molecule has 1 fully saturated rings. The largest absolute Gasteiger partial charge is 0.472 e. The quantitative estimate of drug-likeness (QED) is 0.859. The van der Waals surface area contributed by atoms with Gasteiger partial charge in [-0.1, -0.05) is 5.16 Å². The summed E-state index contributed by atoms with van der Waals surface area (Å²) in [6.07, 6.45) is 2.85. The third-order valence-electron chi connectivity index (χ3n) is 3.77. The Labute approximate surface area is 127 Å². The van der Waals surface area contributed by atoms with Crippen LogP contribution in [0.1, 0.15) is 41.1 Å². The van der Waals surface area contributed by atoms with Crippen molar-refractivity contribution in [1.29, 1.82) is 0 Å². The Bertz CT molecular complexity index is 624. The lowest BCUT2D eigenvalue weighted by atomic mass is 10.2. The molecule has 1 aliphatic rings. The summed E-state index contributed by atoms with van der Waals surface area (Å²) in [7, 11) is 2.03. The number of piperazine rings is 1. The topological polar surface area (TPSA) is 96.4 Å². The molecule has 2 unspecified atom stereocenters. The Hall–Kier alpha value is -2.19. The molecule has 3 rings (SSSR count). The lowest BCUT2D eigenvalue weighted by Gasteiger charge is -2.30. The number of nitrogens with zero attached hydrogens (tertiary/aromatic N) is 3. The Morgan fingerprint density at radius 1 is 1.59 bits per heavy atom. The highest BCUT2D eigenvalue weighted by Crippen LogP contribution is 2.20. The summed E-state index contributed by atoms with van der Waals surface area (Å²) in [5.41, 5.74) is 0.461. The van der Waals surface area contributed by atoms with E-state index >= 15 is 0 Å². The fraction of sp³-hybridized carbons (Fsp3) is 0.500. The van der Waals surface area contributed by atoms with Gasteiger partial charge in [0.15, 0.2) is 5.82 Å². The van der Waals surface area contributed by atoms with Gasteiger partial charge in [-0.25, -0.2) is 0 Å². The number of carbonyl (C=O) groups is 1. The molecule has 3 heterocycles. The van der Waals surface area contributed by atoms with Crippen LogP contribution in [0.2, 0.25) is 0 Å². The molecule has 118 valence electrons. The first-order valence-corrected chi connectivity index (χ1v) is 7.22. The molecule has 0 radical (unpaired) electrons. The SMILES string of the molecule is CC(NC(=O)c1ccoc1)c1nc(C2CNCCN2C)no1. The smallest absolute Gasteiger partial charge is 0.255 e. The molecule has 1 amide bonds. The summed E-state index contributed by atoms with van der Waals surface area (Å²) in [6.45, 7) is 4.47. The molecule has 2 N–H and O–H groups in total. The van der Waals surface area contributed by atoms with Gasteiger partial charge in [-0.05, 0) is 20.0 Å². The molecule has 8 nitrogen and oxygen atoms in total. The lowest BCUT2D eigenvalue weighted by Crippen LogP contribution is -2.44. The van der Waals surface area contributed by atoms with Gasteiger partial charge in [0.25, 0.3) is 5.91 Å². The van der Waals surface area contributed by atoms with Gasteiger partial charge in [0, 0.05) is 19.6 Å². The van der Waals surface area contributed by atoms with Gasteiger partial charge in [-0.2, -0.15) is 4.98 Å². The van der Waals surface area contributed by atoms with Crippen molar-refractivity contribution >= 4 is 5.91 Å². The standard InChI is InChI=1S/C14H19N5O3/c1-9(16-13(20)10-3-6-21-8-10)14-17-12(18-22-14)11-7-15-4-5-19(11)2/h3,6,8-9,11,15H,4-5,7H2,1-2H3,(H,16,20). The number of nitrogens with one attached hydrogen (secondary N) is 2. The molecular formula is C14H19N5O3. The van der Waals surface area contributed by atoms with Gasteiger partial charge in [-0.15, -0.1) is 0 Å². The highest BCUT2D eigenvalue weighted by atomic mass is 16.5. The van der Waals surface area contributed by atoms with Gasteiger partial charge in [0.2, 0.25) is 5.89 Å². The van der Waals surface area contributed by atoms with E-state index in [0.717, 1.165) is 19.6 Å². The highest BCUT2D eigenvalue weighted by Gasteiger charge is 2.26. The molecule has 0 aliphatic carbocycles. The van der Waals surface area contributed by atoms with Crippen LogP contribution in [-0.4, -0.2) is 47.6 Å². The van der Waals surface area contributed by atoms with Crippen LogP contribution >= 0.6 is 0 Å². The molecule has 8 heteroatoms. The Balaban J connectivity index is 1.66. The summed E-state index contributed by atoms with van der Waals surface area (Å²) >= 11 is 0. The second-order valence-electron chi connectivity index (χ2n) is 5.40. The van der Waals surface area contributed by atoms with Gasteiger partial charge in [-0.3, -0.25) is 9.69 Å². The van der Waals surface area contributed by atoms with E-state index in [1.165, 1.54) is 12.5 Å². The summed E-state index contributed by atoms with van der Waals surface area (Å²) in [5, 5.41) is 10.2. The van der Waals surface area contributed by atoms with Gasteiger partial charge < -0.3 is 19.6 Å². The number of aromatic nitrogens is 2. The maximum absolute atomic E-state index is 12.0. The van der Waals surface area contributed by atoms with E-state index in [2.05, 4.69) is 25.7 Å². The first-order chi connectivity index (χ1) is 10.6. The first kappa shape index (κ1) is 14.7. The molecule has 0 bridgehead atoms. The molecular weight excluding hydrogens is 286 g/mol. The van der Waals surface area contributed by atoms with Gasteiger partial charge in [0.1, 0.15) is 12.3 Å². The predicted octanol–water partition coefficient (Wildman–Crippen LogP) is 0.730. The predicted molar refractivity (Wildman–Crippen MR) is 77.1 cm³/mol. The monoisotopic (exact) mass is 305 g/mol. The molecule has 0 spiro atoms. The number of hydrogen-bond donors (Lipinski definition) is 2. The zero-order valence-electron chi connectivity index (χ0n) is 12.6. The van der Waals surface area contributed by atoms with Crippen LogP contribution < -0.4 is 10.6 Å². The van der Waals surface area contributed by atoms with Crippen LogP contribution in [0.25, 0.3) is 0 Å². The van der Waals surface area contributed by atoms with Gasteiger partial charge in [0.05, 0.1) is 17.9 Å². The second-order valence-corrected chi connectivity index (χ2v) is 5.40. The minimum Gasteiger partial charge on any atom is -0.472 e. The maximum atomic E-state index is 12.0. The van der Waals surface area contributed by atoms with Crippen molar-refractivity contribution in [1.82, 2.24) is 25.7 Å². The summed E-state index contributed by atoms with van der Waals surface area (Å²) < 4.78 is 10.2. The summed E-state index contributed by atoms with van der Waals surface area (Å²) in [5.74, 6) is 0.789. The number of amides is 1. The van der Waals surface area contributed by atoms with Crippen molar-refractivity contribution in [2.45, 2.75) is 19.0 Å². The average Bonchev–Trinajstić information content (AvgIpc) is 3.19. The minimum atomic E-state index is -0.370. The molecule has 2 atom stereocenters. The molecule has 0 aromatic carbocycles. The zero-order valence-corrected chi connectivity index (χ0v) is 12.6. The Morgan fingerprint density at radius 3 is 3.18 bits per heavy atom. The highest BCUT2D eigenvalue weighted by molar-refractivity contribution is 5.93. The summed E-state index contributed by atoms with van der Waals surface area (Å²) in [4.78, 5) is 18.6. The van der Waals surface area contributed by atoms with Crippen molar-refractivity contribution < 1.29 is 13.7 Å². The van der Waals surface area contributed by atoms with Crippen molar-refractivity contribution in [2.75, 3.05) is 26.7 Å². The van der Waals surface area contributed by atoms with E-state index in [-0.39, 0.29) is 18.0 Å². The van der Waals surface area contributed by atoms with E-state index in [4.69, 9.17) is 8.94 Å². The van der Waals surface area contributed by atoms with Crippen molar-refractivity contribution in [2.24, 2.45) is 0 Å². The van der Waals surface area contributed by atoms with Crippen LogP contribution in [0.15, 0.2) is 27.5 Å². The number of furan rings is 1. The molecule has 1 aliphatic heterocycles. The Morgan fingerprint density at radius 2 is 2.45 bits per heavy atom. The van der Waals surface area contributed by atoms with Crippen LogP contribution in [0.4, 0.5) is 0 Å². The number of carbonyl (C=O) groups excluding carboxylic acids is 1. The molecule has 0 saturated carbocycles. The summed E-state index contributed by atoms with van der Waals surface area (Å²) in [6, 6.07) is 1.32. The fourth-order valence-corrected chi connectivity index (χ4v) is 2.39. The first-order valence-electron chi connectivity index (χ1n) is 7.22. The maximum Gasteiger partial charge on any atom is 0.255 e. The van der Waals surface area contributed by atoms with Crippen LogP contribution in [0.5, 0.6) is 0 Å². The Kier molecular flexibility index (Phi) is 4.21. The van der Waals surface area contributed by atoms with Crippen molar-refractivity contribution in [3.63, 3.8) is 0 Å². The van der Waals surface area contributed by atoms with Gasteiger partial charge >= 0.3 is 0 Å². The van der Waals surface area contributed by atoms with E-state index in [0.29, 0.717) is 17.3 Å². The molecule has 22 heavy (non-hydrogen) atoms. The minimum absolute atomic E-state index is 0.0861. The van der Waals surface area contributed by atoms with Crippen LogP contribution in [-0.2, 0) is 0 Å². The third-order valence-corrected chi connectivity index (χ3v) is 3.77. The molecule has 2 aromatic heterocycles. The second kappa shape index (κ2) is 6.29. The van der Waals surface area contributed by atoms with E-state index in [9.17, 15) is 4.79 Å². The zero-order chi connectivity index (χ0) is 15.5. The molecule has 1 saturated heterocycles. The third kappa shape index (κ3) is 3.02. The molecule has 2 aromatic rings. The van der Waals surface area contributed by atoms with Crippen LogP contribution in [0, 0.1) is 0 Å². The lowest BCUT2D eigenvalue weighted by molar-refractivity contribution is 0.0932. The van der Waals surface area contributed by atoms with E-state index in [1.807, 2.05) is 7.05 Å².